The zero-order valence-corrected chi connectivity index (χ0v) is 14.2. The van der Waals surface area contributed by atoms with Crippen molar-refractivity contribution in [2.45, 2.75) is 19.3 Å². The number of carbonyl (C=O) groups is 1. The van der Waals surface area contributed by atoms with Crippen molar-refractivity contribution in [3.05, 3.63) is 41.5 Å². The van der Waals surface area contributed by atoms with Crippen LogP contribution in [0.25, 0.3) is 0 Å². The fourth-order valence-electron chi connectivity index (χ4n) is 3.02. The molecule has 3 rings (SSSR count). The van der Waals surface area contributed by atoms with Crippen LogP contribution in [0.4, 0.5) is 5.69 Å². The van der Waals surface area contributed by atoms with Crippen molar-refractivity contribution in [3.63, 3.8) is 0 Å². The molecule has 0 aliphatic carbocycles. The standard InChI is InChI=1S/C17H23N5O/c1-12-9-14(20(2)3)10-16(18-12)13-5-8-22(11-13)17(23)15-6-7-21(4)19-15/h6-7,9-10,13H,5,8,11H2,1-4H3/t13-/m1/s1. The van der Waals surface area contributed by atoms with E-state index >= 15 is 0 Å². The van der Waals surface area contributed by atoms with Gasteiger partial charge >= 0.3 is 0 Å². The first-order valence-electron chi connectivity index (χ1n) is 7.89. The van der Waals surface area contributed by atoms with Gasteiger partial charge in [0, 0.05) is 63.4 Å². The second-order valence-corrected chi connectivity index (χ2v) is 6.40. The molecular formula is C17H23N5O. The van der Waals surface area contributed by atoms with E-state index in [1.165, 1.54) is 0 Å². The summed E-state index contributed by atoms with van der Waals surface area (Å²) >= 11 is 0. The van der Waals surface area contributed by atoms with Crippen molar-refractivity contribution < 1.29 is 4.79 Å². The molecule has 0 saturated carbocycles. The van der Waals surface area contributed by atoms with E-state index in [2.05, 4.69) is 27.1 Å². The van der Waals surface area contributed by atoms with Crippen molar-refractivity contribution in [3.8, 4) is 0 Å². The lowest BCUT2D eigenvalue weighted by Gasteiger charge is -2.18. The molecule has 6 heteroatoms. The highest BCUT2D eigenvalue weighted by atomic mass is 16.2. The van der Waals surface area contributed by atoms with Crippen molar-refractivity contribution in [1.29, 1.82) is 0 Å². The molecule has 0 aromatic carbocycles. The topological polar surface area (TPSA) is 54.3 Å². The summed E-state index contributed by atoms with van der Waals surface area (Å²) < 4.78 is 1.66. The van der Waals surface area contributed by atoms with Crippen LogP contribution in [0.5, 0.6) is 0 Å². The Morgan fingerprint density at radius 2 is 2.13 bits per heavy atom. The first kappa shape index (κ1) is 15.5. The first-order valence-corrected chi connectivity index (χ1v) is 7.89. The van der Waals surface area contributed by atoms with Crippen LogP contribution >= 0.6 is 0 Å². The Morgan fingerprint density at radius 1 is 1.35 bits per heavy atom. The number of likely N-dealkylation sites (tertiary alicyclic amines) is 1. The third-order valence-corrected chi connectivity index (χ3v) is 4.30. The fraction of sp³-hybridized carbons (Fsp3) is 0.471. The van der Waals surface area contributed by atoms with Crippen LogP contribution in [0, 0.1) is 6.92 Å². The number of hydrogen-bond donors (Lipinski definition) is 0. The molecule has 1 aliphatic rings. The molecule has 0 unspecified atom stereocenters. The summed E-state index contributed by atoms with van der Waals surface area (Å²) in [5, 5.41) is 4.21. The smallest absolute Gasteiger partial charge is 0.274 e. The third-order valence-electron chi connectivity index (χ3n) is 4.30. The van der Waals surface area contributed by atoms with Gasteiger partial charge in [-0.15, -0.1) is 0 Å². The lowest BCUT2D eigenvalue weighted by atomic mass is 10.0. The summed E-state index contributed by atoms with van der Waals surface area (Å²) in [4.78, 5) is 21.2. The lowest BCUT2D eigenvalue weighted by Crippen LogP contribution is -2.29. The molecule has 1 saturated heterocycles. The van der Waals surface area contributed by atoms with Gasteiger partial charge in [-0.05, 0) is 31.5 Å². The van der Waals surface area contributed by atoms with E-state index in [1.807, 2.05) is 33.0 Å². The van der Waals surface area contributed by atoms with Gasteiger partial charge in [0.1, 0.15) is 5.69 Å². The van der Waals surface area contributed by atoms with Crippen molar-refractivity contribution in [1.82, 2.24) is 19.7 Å². The molecule has 2 aromatic rings. The maximum Gasteiger partial charge on any atom is 0.274 e. The molecule has 1 atom stereocenters. The third kappa shape index (κ3) is 3.21. The van der Waals surface area contributed by atoms with Gasteiger partial charge in [-0.2, -0.15) is 5.10 Å². The van der Waals surface area contributed by atoms with Crippen molar-refractivity contribution in [2.75, 3.05) is 32.1 Å². The monoisotopic (exact) mass is 313 g/mol. The second kappa shape index (κ2) is 6.02. The van der Waals surface area contributed by atoms with Crippen LogP contribution < -0.4 is 4.90 Å². The number of anilines is 1. The predicted octanol–water partition coefficient (Wildman–Crippen LogP) is 1.82. The van der Waals surface area contributed by atoms with Crippen LogP contribution in [0.3, 0.4) is 0 Å². The van der Waals surface area contributed by atoms with Crippen LogP contribution in [0.1, 0.15) is 34.2 Å². The minimum Gasteiger partial charge on any atom is -0.378 e. The van der Waals surface area contributed by atoms with Crippen molar-refractivity contribution in [2.24, 2.45) is 7.05 Å². The molecule has 3 heterocycles. The quantitative estimate of drug-likeness (QED) is 0.867. The number of nitrogens with zero attached hydrogens (tertiary/aromatic N) is 5. The van der Waals surface area contributed by atoms with Gasteiger partial charge < -0.3 is 9.80 Å². The molecule has 122 valence electrons. The van der Waals surface area contributed by atoms with Gasteiger partial charge in [0.2, 0.25) is 0 Å². The average molecular weight is 313 g/mol. The Hall–Kier alpha value is -2.37. The number of hydrogen-bond acceptors (Lipinski definition) is 4. The van der Waals surface area contributed by atoms with Crippen molar-refractivity contribution >= 4 is 11.6 Å². The van der Waals surface area contributed by atoms with E-state index < -0.39 is 0 Å². The Balaban J connectivity index is 1.76. The Bertz CT molecular complexity index is 722. The molecule has 1 amide bonds. The van der Waals surface area contributed by atoms with Gasteiger partial charge in [-0.3, -0.25) is 14.5 Å². The van der Waals surface area contributed by atoms with Gasteiger partial charge in [0.15, 0.2) is 0 Å². The van der Waals surface area contributed by atoms with Gasteiger partial charge in [0.05, 0.1) is 0 Å². The highest BCUT2D eigenvalue weighted by Crippen LogP contribution is 2.29. The Labute approximate surface area is 136 Å². The lowest BCUT2D eigenvalue weighted by molar-refractivity contribution is 0.0784. The van der Waals surface area contributed by atoms with E-state index in [-0.39, 0.29) is 5.91 Å². The maximum absolute atomic E-state index is 12.5. The number of aromatic nitrogens is 3. The van der Waals surface area contributed by atoms with E-state index in [9.17, 15) is 4.79 Å². The molecule has 0 N–H and O–H groups in total. The summed E-state index contributed by atoms with van der Waals surface area (Å²) in [7, 11) is 5.89. The maximum atomic E-state index is 12.5. The molecular weight excluding hydrogens is 290 g/mol. The predicted molar refractivity (Wildman–Crippen MR) is 89.8 cm³/mol. The molecule has 23 heavy (non-hydrogen) atoms. The molecule has 1 fully saturated rings. The summed E-state index contributed by atoms with van der Waals surface area (Å²) in [5.41, 5.74) is 3.76. The van der Waals surface area contributed by atoms with Crippen LogP contribution in [0.15, 0.2) is 24.4 Å². The number of pyridine rings is 1. The SMILES string of the molecule is Cc1cc(N(C)C)cc([C@@H]2CCN(C(=O)c3ccn(C)n3)C2)n1. The molecule has 0 radical (unpaired) electrons. The molecule has 0 spiro atoms. The van der Waals surface area contributed by atoms with Crippen LogP contribution in [0.2, 0.25) is 0 Å². The van der Waals surface area contributed by atoms with Gasteiger partial charge in [-0.1, -0.05) is 0 Å². The highest BCUT2D eigenvalue weighted by molar-refractivity contribution is 5.92. The van der Waals surface area contributed by atoms with Crippen LogP contribution in [-0.4, -0.2) is 52.8 Å². The zero-order chi connectivity index (χ0) is 16.6. The minimum absolute atomic E-state index is 0.00795. The van der Waals surface area contributed by atoms with E-state index in [1.54, 1.807) is 16.9 Å². The Kier molecular flexibility index (Phi) is 4.07. The van der Waals surface area contributed by atoms with Crippen LogP contribution in [-0.2, 0) is 7.05 Å². The molecule has 2 aromatic heterocycles. The summed E-state index contributed by atoms with van der Waals surface area (Å²) in [6.07, 6.45) is 2.74. The normalized spacial score (nSPS) is 17.6. The minimum atomic E-state index is 0.00795. The number of aryl methyl sites for hydroxylation is 2. The van der Waals surface area contributed by atoms with Gasteiger partial charge in [0.25, 0.3) is 5.91 Å². The van der Waals surface area contributed by atoms with E-state index in [4.69, 9.17) is 0 Å². The number of amides is 1. The van der Waals surface area contributed by atoms with E-state index in [0.717, 1.165) is 30.0 Å². The number of rotatable bonds is 3. The number of carbonyl (C=O) groups excluding carboxylic acids is 1. The summed E-state index contributed by atoms with van der Waals surface area (Å²) in [6.45, 7) is 3.48. The largest absolute Gasteiger partial charge is 0.378 e. The fourth-order valence-corrected chi connectivity index (χ4v) is 3.02. The zero-order valence-electron chi connectivity index (χ0n) is 14.2. The van der Waals surface area contributed by atoms with Gasteiger partial charge in [-0.25, -0.2) is 0 Å². The summed E-state index contributed by atoms with van der Waals surface area (Å²) in [5.74, 6) is 0.301. The van der Waals surface area contributed by atoms with E-state index in [0.29, 0.717) is 18.2 Å². The molecule has 1 aliphatic heterocycles. The highest BCUT2D eigenvalue weighted by Gasteiger charge is 2.30. The first-order chi connectivity index (χ1) is 10.9. The Morgan fingerprint density at radius 3 is 2.78 bits per heavy atom. The second-order valence-electron chi connectivity index (χ2n) is 6.40. The summed E-state index contributed by atoms with van der Waals surface area (Å²) in [6, 6.07) is 5.98. The average Bonchev–Trinajstić information content (AvgIpc) is 3.15. The molecule has 0 bridgehead atoms. The molecule has 6 nitrogen and oxygen atoms in total.